The molecule has 0 aliphatic carbocycles. The number of halogens is 1. The van der Waals surface area contributed by atoms with Gasteiger partial charge in [-0.25, -0.2) is 0 Å². The van der Waals surface area contributed by atoms with Crippen molar-refractivity contribution in [2.75, 3.05) is 11.9 Å². The molecule has 2 heterocycles. The second kappa shape index (κ2) is 13.8. The summed E-state index contributed by atoms with van der Waals surface area (Å²) in [7, 11) is -2.99. The Labute approximate surface area is 294 Å². The summed E-state index contributed by atoms with van der Waals surface area (Å²) in [5.74, 6) is -1.28. The molecule has 0 aromatic heterocycles. The van der Waals surface area contributed by atoms with Crippen LogP contribution in [0.2, 0.25) is 0 Å². The number of hydrogen-bond acceptors (Lipinski definition) is 5. The summed E-state index contributed by atoms with van der Waals surface area (Å²) < 4.78 is 19.2. The molecule has 2 saturated heterocycles. The zero-order valence-electron chi connectivity index (χ0n) is 27.2. The van der Waals surface area contributed by atoms with E-state index in [1.165, 1.54) is 4.90 Å². The van der Waals surface area contributed by atoms with Gasteiger partial charge in [0.15, 0.2) is 0 Å². The summed E-state index contributed by atoms with van der Waals surface area (Å²) >= 11 is 2.43. The molecule has 7 nitrogen and oxygen atoms in total. The van der Waals surface area contributed by atoms with E-state index in [2.05, 4.69) is 57.6 Å². The maximum absolute atomic E-state index is 14.3. The summed E-state index contributed by atoms with van der Waals surface area (Å²) in [6.07, 6.45) is 0.496. The van der Waals surface area contributed by atoms with Crippen molar-refractivity contribution in [2.45, 2.75) is 54.6 Å². The zero-order valence-corrected chi connectivity index (χ0v) is 30.6. The summed E-state index contributed by atoms with van der Waals surface area (Å²) in [6, 6.07) is 38.0. The number of carbonyl (C=O) groups is 3. The van der Waals surface area contributed by atoms with E-state index in [1.807, 2.05) is 84.9 Å². The van der Waals surface area contributed by atoms with E-state index in [0.29, 0.717) is 6.16 Å². The Morgan fingerprint density at radius 3 is 1.79 bits per heavy atom. The van der Waals surface area contributed by atoms with Crippen LogP contribution in [0.25, 0.3) is 0 Å². The van der Waals surface area contributed by atoms with Gasteiger partial charge < -0.3 is 0 Å². The number of esters is 1. The number of ether oxygens (including phenoxy) is 1. The second-order valence-corrected chi connectivity index (χ2v) is 20.5. The van der Waals surface area contributed by atoms with E-state index in [4.69, 9.17) is 4.74 Å². The monoisotopic (exact) mass is 746 g/mol. The van der Waals surface area contributed by atoms with E-state index >= 15 is 0 Å². The maximum atomic E-state index is 14.3. The average molecular weight is 748 g/mol. The normalized spacial score (nSPS) is 24.2. The fraction of sp³-hybridized carbons (Fsp3) is 0.289. The van der Waals surface area contributed by atoms with E-state index < -0.39 is 57.7 Å². The van der Waals surface area contributed by atoms with E-state index in [0.717, 1.165) is 21.5 Å². The third-order valence-electron chi connectivity index (χ3n) is 9.01. The van der Waals surface area contributed by atoms with Crippen LogP contribution in [0.5, 0.6) is 0 Å². The van der Waals surface area contributed by atoms with Gasteiger partial charge in [-0.05, 0) is 0 Å². The molecule has 0 spiro atoms. The quantitative estimate of drug-likeness (QED) is 0.0911. The number of hydrogen-bond donors (Lipinski definition) is 1. The summed E-state index contributed by atoms with van der Waals surface area (Å²) in [5.41, 5.74) is -0.0280. The summed E-state index contributed by atoms with van der Waals surface area (Å²) in [5, 5.41) is 5.33. The van der Waals surface area contributed by atoms with Crippen LogP contribution in [-0.2, 0) is 36.7 Å². The molecule has 2 aliphatic heterocycles. The van der Waals surface area contributed by atoms with Gasteiger partial charge in [-0.3, -0.25) is 0 Å². The van der Waals surface area contributed by atoms with Crippen LogP contribution in [0.3, 0.4) is 0 Å². The molecule has 5 atom stereocenters. The molecule has 0 radical (unpaired) electrons. The van der Waals surface area contributed by atoms with Crippen molar-refractivity contribution >= 4 is 68.1 Å². The molecular formula is C38H40BrN2O5PS. The van der Waals surface area contributed by atoms with Gasteiger partial charge in [0, 0.05) is 0 Å². The van der Waals surface area contributed by atoms with Crippen LogP contribution >= 0.6 is 23.2 Å². The second-order valence-electron chi connectivity index (χ2n) is 13.5. The van der Waals surface area contributed by atoms with Crippen molar-refractivity contribution in [1.29, 1.82) is 0 Å². The van der Waals surface area contributed by atoms with Crippen LogP contribution < -0.4 is 21.2 Å². The van der Waals surface area contributed by atoms with Gasteiger partial charge in [0.2, 0.25) is 0 Å². The minimum atomic E-state index is -2.99. The number of carbonyl (C=O) groups excluding carboxylic acids is 3. The summed E-state index contributed by atoms with van der Waals surface area (Å²) in [6.45, 7) is 5.38. The van der Waals surface area contributed by atoms with E-state index in [1.54, 1.807) is 20.8 Å². The van der Waals surface area contributed by atoms with Gasteiger partial charge in [0.25, 0.3) is 0 Å². The number of benzene rings is 4. The number of nitrogens with one attached hydrogen (secondary N) is 1. The number of β-lactam (4-membered cyclic amide) rings is 1. The molecule has 2 amide bonds. The number of rotatable bonds is 9. The predicted molar refractivity (Wildman–Crippen MR) is 198 cm³/mol. The SMILES string of the molecule is CC(C)(C)OC(=O)C1N2C(=O)[C@@H](NC(=O)Cc3ccccc3)[C@H]2[S+]([O-])CC1(Br)C[PH](c1ccccc1)(c1ccccc1)c1ccccc1. The molecule has 4 aromatic rings. The first-order valence-electron chi connectivity index (χ1n) is 16.0. The first-order chi connectivity index (χ1) is 22.9. The Bertz CT molecular complexity index is 1660. The van der Waals surface area contributed by atoms with Gasteiger partial charge in [0.1, 0.15) is 0 Å². The van der Waals surface area contributed by atoms with Crippen molar-refractivity contribution in [3.8, 4) is 0 Å². The van der Waals surface area contributed by atoms with E-state index in [9.17, 15) is 18.9 Å². The van der Waals surface area contributed by atoms with Crippen LogP contribution in [0, 0.1) is 0 Å². The number of amides is 2. The van der Waals surface area contributed by atoms with Gasteiger partial charge in [-0.15, -0.1) is 0 Å². The molecule has 2 fully saturated rings. The molecule has 6 rings (SSSR count). The van der Waals surface area contributed by atoms with E-state index in [-0.39, 0.29) is 18.1 Å². The Kier molecular flexibility index (Phi) is 9.88. The van der Waals surface area contributed by atoms with Crippen molar-refractivity contribution in [2.24, 2.45) is 0 Å². The molecule has 3 unspecified atom stereocenters. The Balaban J connectivity index is 1.43. The minimum absolute atomic E-state index is 0.0810. The molecule has 2 aliphatic rings. The third kappa shape index (κ3) is 6.71. The standard InChI is InChI=1S/C38H40BrN2O5PS/c1-37(2,3)46-36(44)33-38(39,26-48(45)35-32(34(43)41(33)35)40-31(42)24-27-16-8-4-9-17-27)25-47(28-18-10-5-11-19-28,29-20-12-6-13-21-29)30-22-14-7-15-23-30/h4-23,32-33,35,47H,24-26H2,1-3H3,(H,40,42)/t32-,33?,35-,38?,48?/m1/s1. The number of alkyl halides is 1. The number of fused-ring (bicyclic) bond motifs is 1. The van der Waals surface area contributed by atoms with Crippen molar-refractivity contribution < 1.29 is 23.7 Å². The molecule has 0 bridgehead atoms. The molecule has 0 saturated carbocycles. The van der Waals surface area contributed by atoms with Crippen molar-refractivity contribution in [3.63, 3.8) is 0 Å². The fourth-order valence-electron chi connectivity index (χ4n) is 7.07. The Morgan fingerprint density at radius 2 is 1.33 bits per heavy atom. The van der Waals surface area contributed by atoms with Crippen LogP contribution in [0.1, 0.15) is 26.3 Å². The molecule has 250 valence electrons. The first kappa shape index (κ1) is 34.4. The topological polar surface area (TPSA) is 98.8 Å². The van der Waals surface area contributed by atoms with Crippen molar-refractivity contribution in [1.82, 2.24) is 10.2 Å². The van der Waals surface area contributed by atoms with Gasteiger partial charge >= 0.3 is 289 Å². The van der Waals surface area contributed by atoms with Gasteiger partial charge in [-0.1, -0.05) is 6.07 Å². The average Bonchev–Trinajstić information content (AvgIpc) is 3.07. The first-order valence-corrected chi connectivity index (χ1v) is 20.4. The Morgan fingerprint density at radius 1 is 0.875 bits per heavy atom. The van der Waals surface area contributed by atoms with Gasteiger partial charge in [-0.2, -0.15) is 0 Å². The zero-order chi connectivity index (χ0) is 34.1. The molecular weight excluding hydrogens is 707 g/mol. The van der Waals surface area contributed by atoms with Crippen LogP contribution in [0.4, 0.5) is 0 Å². The number of nitrogens with zero attached hydrogens (tertiary/aromatic N) is 1. The third-order valence-corrected chi connectivity index (χ3v) is 17.9. The Hall–Kier alpha value is -3.49. The van der Waals surface area contributed by atoms with Crippen LogP contribution in [-0.4, -0.2) is 66.5 Å². The summed E-state index contributed by atoms with van der Waals surface area (Å²) in [4.78, 5) is 42.8. The fourth-order valence-corrected chi connectivity index (χ4v) is 16.6. The van der Waals surface area contributed by atoms with Crippen molar-refractivity contribution in [3.05, 3.63) is 127 Å². The van der Waals surface area contributed by atoms with Crippen LogP contribution in [0.15, 0.2) is 121 Å². The molecule has 4 aromatic carbocycles. The molecule has 1 N–H and O–H groups in total. The molecule has 10 heteroatoms. The predicted octanol–water partition coefficient (Wildman–Crippen LogP) is 4.21. The van der Waals surface area contributed by atoms with Gasteiger partial charge in [0.05, 0.1) is 0 Å². The molecule has 48 heavy (non-hydrogen) atoms.